The van der Waals surface area contributed by atoms with E-state index in [2.05, 4.69) is 44.5 Å². The quantitative estimate of drug-likeness (QED) is 0.690. The van der Waals surface area contributed by atoms with Crippen LogP contribution in [0.15, 0.2) is 36.7 Å². The number of hydrogen-bond donors (Lipinski definition) is 0. The third-order valence-corrected chi connectivity index (χ3v) is 6.26. The molecule has 6 heteroatoms. The smallest absolute Gasteiger partial charge is 0.178 e. The summed E-state index contributed by atoms with van der Waals surface area (Å²) in [6.07, 6.45) is 9.82. The van der Waals surface area contributed by atoms with Gasteiger partial charge in [-0.2, -0.15) is 5.10 Å². The highest BCUT2D eigenvalue weighted by Gasteiger charge is 2.27. The van der Waals surface area contributed by atoms with Crippen LogP contribution in [0.5, 0.6) is 5.75 Å². The van der Waals surface area contributed by atoms with Crippen LogP contribution in [0.1, 0.15) is 44.2 Å². The van der Waals surface area contributed by atoms with Gasteiger partial charge in [-0.1, -0.05) is 25.0 Å². The summed E-state index contributed by atoms with van der Waals surface area (Å²) < 4.78 is 7.98. The number of piperidine rings is 1. The zero-order valence-corrected chi connectivity index (χ0v) is 16.4. The van der Waals surface area contributed by atoms with Gasteiger partial charge in [0.2, 0.25) is 0 Å². The van der Waals surface area contributed by atoms with E-state index in [9.17, 15) is 0 Å². The van der Waals surface area contributed by atoms with Crippen LogP contribution in [-0.4, -0.2) is 49.9 Å². The van der Waals surface area contributed by atoms with Gasteiger partial charge in [-0.05, 0) is 56.4 Å². The fourth-order valence-electron chi connectivity index (χ4n) is 4.69. The van der Waals surface area contributed by atoms with Crippen molar-refractivity contribution in [2.24, 2.45) is 0 Å². The van der Waals surface area contributed by atoms with Gasteiger partial charge < -0.3 is 9.64 Å². The SMILES string of the molecule is Cc1nn2cnnc2cc1-c1ccc(OC2CCN(C3CCCC3)CC2)cc1. The molecule has 3 aromatic rings. The molecule has 2 aromatic heterocycles. The Balaban J connectivity index is 1.23. The molecule has 1 saturated heterocycles. The van der Waals surface area contributed by atoms with E-state index >= 15 is 0 Å². The summed E-state index contributed by atoms with van der Waals surface area (Å²) in [4.78, 5) is 2.69. The van der Waals surface area contributed by atoms with E-state index in [1.54, 1.807) is 10.8 Å². The standard InChI is InChI=1S/C22H27N5O/c1-16-21(14-22-24-23-15-27(22)25-16)17-6-8-19(9-7-17)28-20-10-12-26(13-11-20)18-4-2-3-5-18/h6-9,14-15,18,20H,2-5,10-13H2,1H3. The number of aryl methyl sites for hydroxylation is 1. The number of fused-ring (bicyclic) bond motifs is 1. The average molecular weight is 377 g/mol. The zero-order valence-electron chi connectivity index (χ0n) is 16.4. The molecule has 0 radical (unpaired) electrons. The van der Waals surface area contributed by atoms with E-state index in [4.69, 9.17) is 4.74 Å². The Hall–Kier alpha value is -2.47. The van der Waals surface area contributed by atoms with Crippen molar-refractivity contribution in [2.45, 2.75) is 57.6 Å². The first-order chi connectivity index (χ1) is 13.8. The van der Waals surface area contributed by atoms with Crippen molar-refractivity contribution in [2.75, 3.05) is 13.1 Å². The minimum Gasteiger partial charge on any atom is -0.490 e. The fraction of sp³-hybridized carbons (Fsp3) is 0.500. The number of aromatic nitrogens is 4. The lowest BCUT2D eigenvalue weighted by Crippen LogP contribution is -2.43. The van der Waals surface area contributed by atoms with Crippen LogP contribution in [0.3, 0.4) is 0 Å². The molecule has 0 unspecified atom stereocenters. The molecular formula is C22H27N5O. The van der Waals surface area contributed by atoms with Crippen LogP contribution in [-0.2, 0) is 0 Å². The monoisotopic (exact) mass is 377 g/mol. The highest BCUT2D eigenvalue weighted by atomic mass is 16.5. The second-order valence-corrected chi connectivity index (χ2v) is 8.09. The summed E-state index contributed by atoms with van der Waals surface area (Å²) >= 11 is 0. The Morgan fingerprint density at radius 1 is 1.00 bits per heavy atom. The highest BCUT2D eigenvalue weighted by Crippen LogP contribution is 2.29. The second kappa shape index (κ2) is 7.51. The predicted octanol–water partition coefficient (Wildman–Crippen LogP) is 3.89. The number of hydrogen-bond acceptors (Lipinski definition) is 5. The molecular weight excluding hydrogens is 350 g/mol. The van der Waals surface area contributed by atoms with Crippen molar-refractivity contribution in [3.05, 3.63) is 42.4 Å². The summed E-state index contributed by atoms with van der Waals surface area (Å²) in [5.41, 5.74) is 3.92. The van der Waals surface area contributed by atoms with E-state index in [0.29, 0.717) is 6.10 Å². The van der Waals surface area contributed by atoms with Crippen LogP contribution in [0.25, 0.3) is 16.8 Å². The molecule has 3 heterocycles. The van der Waals surface area contributed by atoms with Crippen LogP contribution < -0.4 is 4.74 Å². The number of ether oxygens (including phenoxy) is 1. The first-order valence-corrected chi connectivity index (χ1v) is 10.4. The van der Waals surface area contributed by atoms with Crippen LogP contribution in [0, 0.1) is 6.92 Å². The number of benzene rings is 1. The van der Waals surface area contributed by atoms with Crippen molar-refractivity contribution >= 4 is 5.65 Å². The molecule has 146 valence electrons. The van der Waals surface area contributed by atoms with Gasteiger partial charge >= 0.3 is 0 Å². The summed E-state index contributed by atoms with van der Waals surface area (Å²) in [5, 5.41) is 12.5. The van der Waals surface area contributed by atoms with Gasteiger partial charge in [-0.25, -0.2) is 4.52 Å². The van der Waals surface area contributed by atoms with Crippen LogP contribution in [0.2, 0.25) is 0 Å². The largest absolute Gasteiger partial charge is 0.490 e. The molecule has 2 aliphatic rings. The molecule has 2 fully saturated rings. The Bertz CT molecular complexity index is 937. The van der Waals surface area contributed by atoms with Gasteiger partial charge in [0.15, 0.2) is 5.65 Å². The lowest BCUT2D eigenvalue weighted by atomic mass is 10.0. The molecule has 1 aliphatic heterocycles. The lowest BCUT2D eigenvalue weighted by Gasteiger charge is -2.36. The zero-order chi connectivity index (χ0) is 18.9. The number of nitrogens with zero attached hydrogens (tertiary/aromatic N) is 5. The second-order valence-electron chi connectivity index (χ2n) is 8.09. The molecule has 1 aliphatic carbocycles. The van der Waals surface area contributed by atoms with E-state index in [1.807, 2.05) is 13.0 Å². The predicted molar refractivity (Wildman–Crippen MR) is 108 cm³/mol. The maximum absolute atomic E-state index is 6.28. The molecule has 0 spiro atoms. The van der Waals surface area contributed by atoms with Crippen molar-refractivity contribution in [3.8, 4) is 16.9 Å². The molecule has 6 nitrogen and oxygen atoms in total. The van der Waals surface area contributed by atoms with Gasteiger partial charge in [-0.15, -0.1) is 10.2 Å². The summed E-state index contributed by atoms with van der Waals surface area (Å²) in [6.45, 7) is 4.37. The Morgan fingerprint density at radius 3 is 2.50 bits per heavy atom. The average Bonchev–Trinajstić information content (AvgIpc) is 3.40. The summed E-state index contributed by atoms with van der Waals surface area (Å²) in [6, 6.07) is 11.2. The third kappa shape index (κ3) is 3.49. The fourth-order valence-corrected chi connectivity index (χ4v) is 4.69. The molecule has 1 aromatic carbocycles. The number of rotatable bonds is 4. The van der Waals surface area contributed by atoms with Crippen molar-refractivity contribution in [1.82, 2.24) is 24.7 Å². The molecule has 0 amide bonds. The van der Waals surface area contributed by atoms with E-state index < -0.39 is 0 Å². The normalized spacial score (nSPS) is 19.5. The van der Waals surface area contributed by atoms with E-state index in [1.165, 1.54) is 38.8 Å². The minimum absolute atomic E-state index is 0.333. The van der Waals surface area contributed by atoms with Crippen LogP contribution >= 0.6 is 0 Å². The molecule has 1 saturated carbocycles. The van der Waals surface area contributed by atoms with Gasteiger partial charge in [0, 0.05) is 24.7 Å². The lowest BCUT2D eigenvalue weighted by molar-refractivity contribution is 0.0768. The first-order valence-electron chi connectivity index (χ1n) is 10.4. The minimum atomic E-state index is 0.333. The van der Waals surface area contributed by atoms with E-state index in [-0.39, 0.29) is 0 Å². The van der Waals surface area contributed by atoms with Gasteiger partial charge in [-0.3, -0.25) is 0 Å². The molecule has 28 heavy (non-hydrogen) atoms. The number of likely N-dealkylation sites (tertiary alicyclic amines) is 1. The maximum atomic E-state index is 6.28. The van der Waals surface area contributed by atoms with Crippen molar-refractivity contribution < 1.29 is 4.74 Å². The maximum Gasteiger partial charge on any atom is 0.178 e. The topological polar surface area (TPSA) is 55.6 Å². The Morgan fingerprint density at radius 2 is 1.75 bits per heavy atom. The summed E-state index contributed by atoms with van der Waals surface area (Å²) in [5.74, 6) is 0.956. The Kier molecular flexibility index (Phi) is 4.72. The van der Waals surface area contributed by atoms with Crippen LogP contribution in [0.4, 0.5) is 0 Å². The summed E-state index contributed by atoms with van der Waals surface area (Å²) in [7, 11) is 0. The first kappa shape index (κ1) is 17.6. The molecule has 0 N–H and O–H groups in total. The Labute approximate surface area is 165 Å². The molecule has 5 rings (SSSR count). The van der Waals surface area contributed by atoms with Crippen molar-refractivity contribution in [3.63, 3.8) is 0 Å². The third-order valence-electron chi connectivity index (χ3n) is 6.26. The van der Waals surface area contributed by atoms with Gasteiger partial charge in [0.25, 0.3) is 0 Å². The molecule has 0 atom stereocenters. The van der Waals surface area contributed by atoms with E-state index in [0.717, 1.165) is 47.1 Å². The molecule has 0 bridgehead atoms. The van der Waals surface area contributed by atoms with Gasteiger partial charge in [0.05, 0.1) is 5.69 Å². The van der Waals surface area contributed by atoms with Crippen molar-refractivity contribution in [1.29, 1.82) is 0 Å². The highest BCUT2D eigenvalue weighted by molar-refractivity contribution is 5.69. The van der Waals surface area contributed by atoms with Gasteiger partial charge in [0.1, 0.15) is 18.2 Å².